The van der Waals surface area contributed by atoms with Crippen molar-refractivity contribution in [2.45, 2.75) is 13.5 Å². The number of likely N-dealkylation sites (N-methyl/N-ethyl adjacent to an activating group) is 1. The van der Waals surface area contributed by atoms with Gasteiger partial charge in [-0.05, 0) is 30.8 Å². The van der Waals surface area contributed by atoms with Crippen LogP contribution in [0.25, 0.3) is 17.0 Å². The van der Waals surface area contributed by atoms with Gasteiger partial charge in [0.15, 0.2) is 5.17 Å². The molecule has 2 aromatic rings. The fourth-order valence-electron chi connectivity index (χ4n) is 2.54. The summed E-state index contributed by atoms with van der Waals surface area (Å²) >= 11 is 1.43. The van der Waals surface area contributed by atoms with Crippen LogP contribution in [-0.4, -0.2) is 34.6 Å². The van der Waals surface area contributed by atoms with Gasteiger partial charge >= 0.3 is 0 Å². The number of benzene rings is 1. The van der Waals surface area contributed by atoms with Crippen LogP contribution in [0.15, 0.2) is 40.4 Å². The van der Waals surface area contributed by atoms with E-state index in [0.29, 0.717) is 0 Å². The van der Waals surface area contributed by atoms with E-state index < -0.39 is 0 Å². The lowest BCUT2D eigenvalue weighted by atomic mass is 10.1. The van der Waals surface area contributed by atoms with E-state index in [2.05, 4.69) is 34.8 Å². The summed E-state index contributed by atoms with van der Waals surface area (Å²) in [6, 6.07) is 8.27. The van der Waals surface area contributed by atoms with Gasteiger partial charge in [-0.2, -0.15) is 0 Å². The third-order valence-electron chi connectivity index (χ3n) is 3.64. The summed E-state index contributed by atoms with van der Waals surface area (Å²) in [6.45, 7) is 3.03. The molecule has 2 heterocycles. The fraction of sp³-hybridized carbons (Fsp3) is 0.250. The van der Waals surface area contributed by atoms with Crippen LogP contribution in [0.5, 0.6) is 0 Å². The van der Waals surface area contributed by atoms with E-state index in [1.807, 2.05) is 18.2 Å². The molecule has 108 valence electrons. The van der Waals surface area contributed by atoms with Crippen LogP contribution in [-0.2, 0) is 11.3 Å². The minimum Gasteiger partial charge on any atom is -0.347 e. The lowest BCUT2D eigenvalue weighted by Gasteiger charge is -2.04. The van der Waals surface area contributed by atoms with Crippen molar-refractivity contribution in [3.8, 4) is 0 Å². The first kappa shape index (κ1) is 13.9. The topological polar surface area (TPSA) is 37.6 Å². The molecule has 0 aliphatic carbocycles. The lowest BCUT2D eigenvalue weighted by molar-refractivity contribution is -0.121. The zero-order chi connectivity index (χ0) is 15.0. The molecule has 1 saturated heterocycles. The monoisotopic (exact) mass is 299 g/mol. The molecule has 0 unspecified atom stereocenters. The van der Waals surface area contributed by atoms with Crippen molar-refractivity contribution in [1.29, 1.82) is 0 Å². The third kappa shape index (κ3) is 2.27. The molecule has 1 aromatic carbocycles. The van der Waals surface area contributed by atoms with E-state index >= 15 is 0 Å². The number of aromatic nitrogens is 1. The summed E-state index contributed by atoms with van der Waals surface area (Å²) < 4.78 is 2.20. The molecule has 5 heteroatoms. The molecule has 0 saturated carbocycles. The standard InChI is InChI=1S/C16H17N3OS/c1-4-19-10-11(12-7-5-6-8-13(12)19)9-14-15(20)18(3)16(17-2)21-14/h5-10H,4H2,1-3H3. The number of hydrogen-bond acceptors (Lipinski definition) is 3. The van der Waals surface area contributed by atoms with Crippen molar-refractivity contribution in [3.05, 3.63) is 40.9 Å². The summed E-state index contributed by atoms with van der Waals surface area (Å²) in [7, 11) is 3.46. The van der Waals surface area contributed by atoms with E-state index in [4.69, 9.17) is 0 Å². The molecular weight excluding hydrogens is 282 g/mol. The maximum Gasteiger partial charge on any atom is 0.266 e. The number of thioether (sulfide) groups is 1. The van der Waals surface area contributed by atoms with E-state index in [1.54, 1.807) is 19.0 Å². The van der Waals surface area contributed by atoms with E-state index in [0.717, 1.165) is 22.2 Å². The number of fused-ring (bicyclic) bond motifs is 1. The Morgan fingerprint density at radius 1 is 1.33 bits per heavy atom. The molecule has 1 aliphatic heterocycles. The van der Waals surface area contributed by atoms with Gasteiger partial charge in [0.25, 0.3) is 5.91 Å². The molecule has 1 fully saturated rings. The maximum atomic E-state index is 12.2. The van der Waals surface area contributed by atoms with Crippen molar-refractivity contribution < 1.29 is 4.79 Å². The van der Waals surface area contributed by atoms with Crippen LogP contribution >= 0.6 is 11.8 Å². The molecule has 0 N–H and O–H groups in total. The predicted octanol–water partition coefficient (Wildman–Crippen LogP) is 3.19. The third-order valence-corrected chi connectivity index (χ3v) is 4.79. The molecule has 4 nitrogen and oxygen atoms in total. The second kappa shape index (κ2) is 5.41. The largest absolute Gasteiger partial charge is 0.347 e. The summed E-state index contributed by atoms with van der Waals surface area (Å²) in [5.74, 6) is 0.00827. The van der Waals surface area contributed by atoms with Gasteiger partial charge in [-0.15, -0.1) is 0 Å². The quantitative estimate of drug-likeness (QED) is 0.799. The zero-order valence-corrected chi connectivity index (χ0v) is 13.1. The number of hydrogen-bond donors (Lipinski definition) is 0. The number of nitrogens with zero attached hydrogens (tertiary/aromatic N) is 3. The summed E-state index contributed by atoms with van der Waals surface area (Å²) in [5, 5.41) is 1.91. The Labute approximate surface area is 128 Å². The van der Waals surface area contributed by atoms with Gasteiger partial charge < -0.3 is 4.57 Å². The number of aliphatic imine (C=N–C) groups is 1. The van der Waals surface area contributed by atoms with Gasteiger partial charge in [-0.1, -0.05) is 18.2 Å². The van der Waals surface area contributed by atoms with Crippen molar-refractivity contribution >= 4 is 39.8 Å². The highest BCUT2D eigenvalue weighted by Crippen LogP contribution is 2.33. The van der Waals surface area contributed by atoms with Crippen molar-refractivity contribution in [1.82, 2.24) is 9.47 Å². The molecule has 0 bridgehead atoms. The number of amides is 1. The molecule has 3 rings (SSSR count). The minimum atomic E-state index is 0.00827. The average Bonchev–Trinajstić information content (AvgIpc) is 3.00. The zero-order valence-electron chi connectivity index (χ0n) is 12.3. The van der Waals surface area contributed by atoms with Gasteiger partial charge in [0.05, 0.1) is 4.91 Å². The molecule has 0 atom stereocenters. The SMILES string of the molecule is CCn1cc(C=C2SC(=NC)N(C)C2=O)c2ccccc21. The smallest absolute Gasteiger partial charge is 0.266 e. The Morgan fingerprint density at radius 3 is 2.76 bits per heavy atom. The number of carbonyl (C=O) groups excluding carboxylic acids is 1. The van der Waals surface area contributed by atoms with Crippen LogP contribution in [0.2, 0.25) is 0 Å². The Morgan fingerprint density at radius 2 is 2.10 bits per heavy atom. The Bertz CT molecular complexity index is 773. The predicted molar refractivity (Wildman–Crippen MR) is 89.3 cm³/mol. The summed E-state index contributed by atoms with van der Waals surface area (Å²) in [5.41, 5.74) is 2.27. The molecule has 0 spiro atoms. The van der Waals surface area contributed by atoms with Gasteiger partial charge in [0, 0.05) is 43.3 Å². The molecule has 21 heavy (non-hydrogen) atoms. The summed E-state index contributed by atoms with van der Waals surface area (Å²) in [6.07, 6.45) is 4.07. The minimum absolute atomic E-state index is 0.00827. The maximum absolute atomic E-state index is 12.2. The van der Waals surface area contributed by atoms with Gasteiger partial charge in [-0.25, -0.2) is 0 Å². The normalized spacial score (nSPS) is 19.4. The first-order valence-corrected chi connectivity index (χ1v) is 7.69. The Balaban J connectivity index is 2.10. The van der Waals surface area contributed by atoms with Crippen LogP contribution < -0.4 is 0 Å². The average molecular weight is 299 g/mol. The number of para-hydroxylation sites is 1. The number of carbonyl (C=O) groups is 1. The van der Waals surface area contributed by atoms with Crippen molar-refractivity contribution in [2.24, 2.45) is 4.99 Å². The highest BCUT2D eigenvalue weighted by Gasteiger charge is 2.29. The van der Waals surface area contributed by atoms with Crippen LogP contribution in [0.3, 0.4) is 0 Å². The van der Waals surface area contributed by atoms with Crippen LogP contribution in [0.1, 0.15) is 12.5 Å². The number of rotatable bonds is 2. The molecule has 1 amide bonds. The van der Waals surface area contributed by atoms with Crippen molar-refractivity contribution in [3.63, 3.8) is 0 Å². The molecule has 1 aliphatic rings. The summed E-state index contributed by atoms with van der Waals surface area (Å²) in [4.78, 5) is 18.7. The van der Waals surface area contributed by atoms with Crippen LogP contribution in [0.4, 0.5) is 0 Å². The number of amidine groups is 1. The number of aryl methyl sites for hydroxylation is 1. The Kier molecular flexibility index (Phi) is 3.59. The van der Waals surface area contributed by atoms with Gasteiger partial charge in [-0.3, -0.25) is 14.7 Å². The highest BCUT2D eigenvalue weighted by molar-refractivity contribution is 8.18. The first-order valence-electron chi connectivity index (χ1n) is 6.88. The van der Waals surface area contributed by atoms with E-state index in [9.17, 15) is 4.79 Å². The van der Waals surface area contributed by atoms with E-state index in [1.165, 1.54) is 22.7 Å². The second-order valence-electron chi connectivity index (χ2n) is 4.87. The van der Waals surface area contributed by atoms with Crippen LogP contribution in [0, 0.1) is 0 Å². The Hall–Kier alpha value is -2.01. The molecule has 1 aromatic heterocycles. The van der Waals surface area contributed by atoms with Gasteiger partial charge in [0.1, 0.15) is 0 Å². The fourth-order valence-corrected chi connectivity index (χ4v) is 3.46. The first-order chi connectivity index (χ1) is 10.2. The second-order valence-corrected chi connectivity index (χ2v) is 5.88. The highest BCUT2D eigenvalue weighted by atomic mass is 32.2. The lowest BCUT2D eigenvalue weighted by Crippen LogP contribution is -2.23. The van der Waals surface area contributed by atoms with Crippen molar-refractivity contribution in [2.75, 3.05) is 14.1 Å². The van der Waals surface area contributed by atoms with Gasteiger partial charge in [0.2, 0.25) is 0 Å². The molecule has 0 radical (unpaired) electrons. The molecular formula is C16H17N3OS. The van der Waals surface area contributed by atoms with E-state index in [-0.39, 0.29) is 5.91 Å².